The van der Waals surface area contributed by atoms with Crippen molar-refractivity contribution in [2.45, 2.75) is 6.54 Å². The van der Waals surface area contributed by atoms with Gasteiger partial charge in [-0.2, -0.15) is 0 Å². The zero-order valence-corrected chi connectivity index (χ0v) is 9.45. The maximum atomic E-state index is 13.7. The average molecular weight is 247 g/mol. The molecule has 0 aliphatic rings. The van der Waals surface area contributed by atoms with E-state index < -0.39 is 12.9 Å². The molecule has 0 unspecified atom stereocenters. The fourth-order valence-electron chi connectivity index (χ4n) is 1.60. The summed E-state index contributed by atoms with van der Waals surface area (Å²) in [7, 11) is -1.68. The van der Waals surface area contributed by atoms with E-state index in [1.54, 1.807) is 17.0 Å². The molecule has 0 bridgehead atoms. The molecule has 18 heavy (non-hydrogen) atoms. The minimum absolute atomic E-state index is 0.106. The van der Waals surface area contributed by atoms with Crippen molar-refractivity contribution in [2.75, 3.05) is 0 Å². The number of pyridine rings is 1. The molecule has 0 aliphatic carbocycles. The topological polar surface area (TPSA) is 62.5 Å². The molecule has 92 valence electrons. The molecule has 4 nitrogen and oxygen atoms in total. The molecule has 1 aromatic carbocycles. The third-order valence-corrected chi connectivity index (χ3v) is 2.59. The molecule has 0 amide bonds. The number of rotatable bonds is 3. The fraction of sp³-hybridized carbons (Fsp3) is 0.0833. The minimum Gasteiger partial charge on any atom is -0.423 e. The minimum atomic E-state index is -1.68. The first-order valence-corrected chi connectivity index (χ1v) is 5.37. The Balaban J connectivity index is 2.24. The molecule has 0 aliphatic heterocycles. The molecular weight excluding hydrogens is 236 g/mol. The van der Waals surface area contributed by atoms with Crippen molar-refractivity contribution in [3.8, 4) is 0 Å². The van der Waals surface area contributed by atoms with Crippen LogP contribution >= 0.6 is 0 Å². The summed E-state index contributed by atoms with van der Waals surface area (Å²) in [6.45, 7) is 0.272. The smallest absolute Gasteiger partial charge is 0.423 e. The van der Waals surface area contributed by atoms with E-state index in [1.807, 2.05) is 0 Å². The lowest BCUT2D eigenvalue weighted by Gasteiger charge is -2.08. The molecule has 0 radical (unpaired) electrons. The molecule has 6 heteroatoms. The van der Waals surface area contributed by atoms with Gasteiger partial charge in [0.1, 0.15) is 5.82 Å². The molecule has 0 spiro atoms. The number of benzene rings is 1. The van der Waals surface area contributed by atoms with Gasteiger partial charge in [-0.1, -0.05) is 12.1 Å². The maximum Gasteiger partial charge on any atom is 0.488 e. The molecule has 1 heterocycles. The molecule has 2 aromatic rings. The number of aromatic nitrogens is 1. The standard InChI is InChI=1S/C12H11BFNO3/c14-12-7-10(13(17)18)2-1-9(12)8-15-5-3-11(16)4-6-15/h1-7,17-18H,8H2. The highest BCUT2D eigenvalue weighted by molar-refractivity contribution is 6.58. The zero-order chi connectivity index (χ0) is 13.1. The number of nitrogens with zero attached hydrogens (tertiary/aromatic N) is 1. The van der Waals surface area contributed by atoms with E-state index in [1.165, 1.54) is 24.3 Å². The van der Waals surface area contributed by atoms with Gasteiger partial charge in [-0.3, -0.25) is 4.79 Å². The van der Waals surface area contributed by atoms with Gasteiger partial charge in [0.15, 0.2) is 5.43 Å². The second-order valence-corrected chi connectivity index (χ2v) is 3.93. The molecule has 0 saturated carbocycles. The van der Waals surface area contributed by atoms with Crippen LogP contribution in [0.3, 0.4) is 0 Å². The highest BCUT2D eigenvalue weighted by Gasteiger charge is 2.13. The van der Waals surface area contributed by atoms with Crippen molar-refractivity contribution in [1.82, 2.24) is 4.57 Å². The van der Waals surface area contributed by atoms with Gasteiger partial charge in [-0.25, -0.2) is 4.39 Å². The molecule has 0 saturated heterocycles. The molecule has 2 rings (SSSR count). The van der Waals surface area contributed by atoms with Crippen LogP contribution in [0.4, 0.5) is 4.39 Å². The van der Waals surface area contributed by atoms with Gasteiger partial charge in [0.2, 0.25) is 0 Å². The van der Waals surface area contributed by atoms with Crippen LogP contribution in [0.25, 0.3) is 0 Å². The quantitative estimate of drug-likeness (QED) is 0.733. The Morgan fingerprint density at radius 1 is 1.17 bits per heavy atom. The summed E-state index contributed by atoms with van der Waals surface area (Å²) < 4.78 is 15.3. The summed E-state index contributed by atoms with van der Waals surface area (Å²) in [5.74, 6) is -0.515. The summed E-state index contributed by atoms with van der Waals surface area (Å²) in [5.41, 5.74) is 0.407. The van der Waals surface area contributed by atoms with Crippen LogP contribution in [0.15, 0.2) is 47.5 Å². The average Bonchev–Trinajstić information content (AvgIpc) is 2.34. The first-order valence-electron chi connectivity index (χ1n) is 5.37. The van der Waals surface area contributed by atoms with Gasteiger partial charge in [0, 0.05) is 36.6 Å². The van der Waals surface area contributed by atoms with Gasteiger partial charge in [0.25, 0.3) is 0 Å². The summed E-state index contributed by atoms with van der Waals surface area (Å²) in [5, 5.41) is 17.8. The molecular formula is C12H11BFNO3. The zero-order valence-electron chi connectivity index (χ0n) is 9.45. The van der Waals surface area contributed by atoms with Crippen molar-refractivity contribution in [3.63, 3.8) is 0 Å². The molecule has 2 N–H and O–H groups in total. The summed E-state index contributed by atoms with van der Waals surface area (Å²) in [6.07, 6.45) is 3.13. The van der Waals surface area contributed by atoms with E-state index in [2.05, 4.69) is 0 Å². The van der Waals surface area contributed by atoms with Crippen LogP contribution in [0.2, 0.25) is 0 Å². The highest BCUT2D eigenvalue weighted by atomic mass is 19.1. The Labute approximate surface area is 103 Å². The van der Waals surface area contributed by atoms with Crippen molar-refractivity contribution in [3.05, 3.63) is 64.3 Å². The highest BCUT2D eigenvalue weighted by Crippen LogP contribution is 2.07. The second kappa shape index (κ2) is 5.16. The van der Waals surface area contributed by atoms with Crippen LogP contribution in [0.5, 0.6) is 0 Å². The first-order chi connectivity index (χ1) is 8.56. The lowest BCUT2D eigenvalue weighted by molar-refractivity contribution is 0.425. The maximum absolute atomic E-state index is 13.7. The SMILES string of the molecule is O=c1ccn(Cc2ccc(B(O)O)cc2F)cc1. The Morgan fingerprint density at radius 3 is 2.39 bits per heavy atom. The summed E-state index contributed by atoms with van der Waals surface area (Å²) >= 11 is 0. The second-order valence-electron chi connectivity index (χ2n) is 3.93. The predicted molar refractivity (Wildman–Crippen MR) is 66.0 cm³/mol. The van der Waals surface area contributed by atoms with E-state index in [-0.39, 0.29) is 17.4 Å². The van der Waals surface area contributed by atoms with Crippen LogP contribution < -0.4 is 10.9 Å². The Hall–Kier alpha value is -1.92. The van der Waals surface area contributed by atoms with Gasteiger partial charge in [-0.05, 0) is 11.5 Å². The van der Waals surface area contributed by atoms with E-state index in [4.69, 9.17) is 10.0 Å². The lowest BCUT2D eigenvalue weighted by Crippen LogP contribution is -2.30. The van der Waals surface area contributed by atoms with E-state index in [0.717, 1.165) is 6.07 Å². The first kappa shape index (κ1) is 12.5. The monoisotopic (exact) mass is 247 g/mol. The summed E-state index contributed by atoms with van der Waals surface area (Å²) in [4.78, 5) is 10.9. The van der Waals surface area contributed by atoms with Gasteiger partial charge >= 0.3 is 7.12 Å². The Morgan fingerprint density at radius 2 is 1.83 bits per heavy atom. The lowest BCUT2D eigenvalue weighted by atomic mass is 9.80. The van der Waals surface area contributed by atoms with Crippen molar-refractivity contribution < 1.29 is 14.4 Å². The molecule has 0 atom stereocenters. The molecule has 0 fully saturated rings. The van der Waals surface area contributed by atoms with Gasteiger partial charge < -0.3 is 14.6 Å². The Bertz CT molecular complexity index is 592. The van der Waals surface area contributed by atoms with Crippen LogP contribution in [0, 0.1) is 5.82 Å². The van der Waals surface area contributed by atoms with E-state index >= 15 is 0 Å². The summed E-state index contributed by atoms with van der Waals surface area (Å²) in [6, 6.07) is 6.81. The normalized spacial score (nSPS) is 10.4. The Kier molecular flexibility index (Phi) is 3.59. The largest absolute Gasteiger partial charge is 0.488 e. The predicted octanol–water partition coefficient (Wildman–Crippen LogP) is -0.284. The van der Waals surface area contributed by atoms with Crippen LogP contribution in [0.1, 0.15) is 5.56 Å². The number of hydrogen-bond acceptors (Lipinski definition) is 3. The van der Waals surface area contributed by atoms with Crippen LogP contribution in [-0.4, -0.2) is 21.7 Å². The van der Waals surface area contributed by atoms with E-state index in [9.17, 15) is 9.18 Å². The van der Waals surface area contributed by atoms with Crippen molar-refractivity contribution in [2.24, 2.45) is 0 Å². The van der Waals surface area contributed by atoms with E-state index in [0.29, 0.717) is 5.56 Å². The number of hydrogen-bond donors (Lipinski definition) is 2. The van der Waals surface area contributed by atoms with Crippen molar-refractivity contribution >= 4 is 12.6 Å². The van der Waals surface area contributed by atoms with Gasteiger partial charge in [0.05, 0.1) is 0 Å². The van der Waals surface area contributed by atoms with Gasteiger partial charge in [-0.15, -0.1) is 0 Å². The fourth-order valence-corrected chi connectivity index (χ4v) is 1.60. The third-order valence-electron chi connectivity index (χ3n) is 2.59. The molecule has 1 aromatic heterocycles. The number of halogens is 1. The van der Waals surface area contributed by atoms with Crippen molar-refractivity contribution in [1.29, 1.82) is 0 Å². The van der Waals surface area contributed by atoms with Crippen LogP contribution in [-0.2, 0) is 6.54 Å². The third kappa shape index (κ3) is 2.85.